The summed E-state index contributed by atoms with van der Waals surface area (Å²) in [4.78, 5) is 1.52. The van der Waals surface area contributed by atoms with Gasteiger partial charge in [-0.05, 0) is 17.7 Å². The zero-order chi connectivity index (χ0) is 14.9. The van der Waals surface area contributed by atoms with Gasteiger partial charge in [-0.25, -0.2) is 17.2 Å². The number of piperazine rings is 1. The normalized spacial score (nSPS) is 17.5. The Morgan fingerprint density at radius 1 is 1.15 bits per heavy atom. The van der Waals surface area contributed by atoms with Crippen molar-refractivity contribution in [1.82, 2.24) is 4.31 Å². The number of nitrogens with zero attached hydrogens (tertiary/aromatic N) is 2. The second-order valence-electron chi connectivity index (χ2n) is 4.76. The van der Waals surface area contributed by atoms with Crippen LogP contribution in [0.2, 0.25) is 0 Å². The molecule has 0 spiro atoms. The standard InChI is InChI=1S/C12H17F2N3O2S/c1-20(18,19)17-4-2-16(3-5-17)12-10(13)6-9(8-15)7-11(12)14/h6-7H,2-5,8,15H2,1H3. The maximum absolute atomic E-state index is 13.9. The van der Waals surface area contributed by atoms with Crippen molar-refractivity contribution in [1.29, 1.82) is 0 Å². The molecule has 2 N–H and O–H groups in total. The van der Waals surface area contributed by atoms with E-state index in [2.05, 4.69) is 0 Å². The van der Waals surface area contributed by atoms with Gasteiger partial charge in [0.1, 0.15) is 17.3 Å². The third kappa shape index (κ3) is 3.08. The van der Waals surface area contributed by atoms with Crippen molar-refractivity contribution < 1.29 is 17.2 Å². The molecule has 1 aliphatic heterocycles. The van der Waals surface area contributed by atoms with Crippen LogP contribution in [0.5, 0.6) is 0 Å². The van der Waals surface area contributed by atoms with E-state index in [1.54, 1.807) is 0 Å². The summed E-state index contributed by atoms with van der Waals surface area (Å²) in [5.74, 6) is -1.34. The Hall–Kier alpha value is -1.25. The van der Waals surface area contributed by atoms with Gasteiger partial charge >= 0.3 is 0 Å². The number of hydrogen-bond donors (Lipinski definition) is 1. The fourth-order valence-corrected chi connectivity index (χ4v) is 3.11. The van der Waals surface area contributed by atoms with Gasteiger partial charge in [-0.3, -0.25) is 0 Å². The largest absolute Gasteiger partial charge is 0.364 e. The highest BCUT2D eigenvalue weighted by molar-refractivity contribution is 7.88. The SMILES string of the molecule is CS(=O)(=O)N1CCN(c2c(F)cc(CN)cc2F)CC1. The first kappa shape index (κ1) is 15.1. The van der Waals surface area contributed by atoms with Crippen LogP contribution in [0.4, 0.5) is 14.5 Å². The van der Waals surface area contributed by atoms with Crippen LogP contribution < -0.4 is 10.6 Å². The van der Waals surface area contributed by atoms with Crippen molar-refractivity contribution in [2.45, 2.75) is 6.54 Å². The molecule has 1 aliphatic rings. The molecule has 1 fully saturated rings. The molecule has 0 radical (unpaired) electrons. The lowest BCUT2D eigenvalue weighted by Gasteiger charge is -2.35. The Balaban J connectivity index is 2.19. The predicted molar refractivity (Wildman–Crippen MR) is 72.9 cm³/mol. The molecule has 0 aromatic heterocycles. The van der Waals surface area contributed by atoms with Crippen molar-refractivity contribution >= 4 is 15.7 Å². The first-order valence-corrected chi connectivity index (χ1v) is 8.06. The highest BCUT2D eigenvalue weighted by Crippen LogP contribution is 2.26. The average molecular weight is 305 g/mol. The Kier molecular flexibility index (Phi) is 4.26. The molecule has 5 nitrogen and oxygen atoms in total. The maximum Gasteiger partial charge on any atom is 0.211 e. The van der Waals surface area contributed by atoms with Gasteiger partial charge in [-0.15, -0.1) is 0 Å². The summed E-state index contributed by atoms with van der Waals surface area (Å²) in [5, 5.41) is 0. The van der Waals surface area contributed by atoms with Crippen molar-refractivity contribution in [2.75, 3.05) is 37.3 Å². The van der Waals surface area contributed by atoms with Crippen molar-refractivity contribution in [3.63, 3.8) is 0 Å². The summed E-state index contributed by atoms with van der Waals surface area (Å²) in [6.45, 7) is 1.01. The van der Waals surface area contributed by atoms with Crippen LogP contribution in [-0.2, 0) is 16.6 Å². The zero-order valence-electron chi connectivity index (χ0n) is 11.1. The molecule has 1 aromatic rings. The topological polar surface area (TPSA) is 66.6 Å². The second-order valence-corrected chi connectivity index (χ2v) is 6.74. The number of halogens is 2. The van der Waals surface area contributed by atoms with Crippen molar-refractivity contribution in [3.8, 4) is 0 Å². The third-order valence-corrected chi connectivity index (χ3v) is 4.64. The van der Waals surface area contributed by atoms with Crippen molar-refractivity contribution in [3.05, 3.63) is 29.3 Å². The van der Waals surface area contributed by atoms with E-state index in [1.807, 2.05) is 0 Å². The molecular weight excluding hydrogens is 288 g/mol. The molecule has 8 heteroatoms. The van der Waals surface area contributed by atoms with E-state index in [9.17, 15) is 17.2 Å². The molecule has 2 rings (SSSR count). The van der Waals surface area contributed by atoms with Crippen LogP contribution in [0.3, 0.4) is 0 Å². The Morgan fingerprint density at radius 3 is 2.05 bits per heavy atom. The summed E-state index contributed by atoms with van der Waals surface area (Å²) >= 11 is 0. The third-order valence-electron chi connectivity index (χ3n) is 3.34. The van der Waals surface area contributed by atoms with Gasteiger partial charge < -0.3 is 10.6 Å². The predicted octanol–water partition coefficient (Wildman–Crippen LogP) is 0.505. The first-order chi connectivity index (χ1) is 9.32. The Labute approximate surface area is 117 Å². The van der Waals surface area contributed by atoms with E-state index in [0.29, 0.717) is 5.56 Å². The fourth-order valence-electron chi connectivity index (χ4n) is 2.28. The molecular formula is C12H17F2N3O2S. The van der Waals surface area contributed by atoms with Gasteiger partial charge in [-0.2, -0.15) is 4.31 Å². The summed E-state index contributed by atoms with van der Waals surface area (Å²) in [6, 6.07) is 2.42. The highest BCUT2D eigenvalue weighted by atomic mass is 32.2. The molecule has 0 bridgehead atoms. The lowest BCUT2D eigenvalue weighted by Crippen LogP contribution is -2.48. The monoisotopic (exact) mass is 305 g/mol. The number of rotatable bonds is 3. The lowest BCUT2D eigenvalue weighted by molar-refractivity contribution is 0.384. The van der Waals surface area contributed by atoms with Gasteiger partial charge in [-0.1, -0.05) is 0 Å². The Bertz CT molecular complexity index is 576. The highest BCUT2D eigenvalue weighted by Gasteiger charge is 2.26. The molecule has 0 saturated carbocycles. The molecule has 20 heavy (non-hydrogen) atoms. The smallest absolute Gasteiger partial charge is 0.211 e. The summed E-state index contributed by atoms with van der Waals surface area (Å²) < 4.78 is 52.0. The fraction of sp³-hybridized carbons (Fsp3) is 0.500. The zero-order valence-corrected chi connectivity index (χ0v) is 12.0. The molecule has 1 saturated heterocycles. The number of sulfonamides is 1. The minimum absolute atomic E-state index is 0.0655. The number of nitrogens with two attached hydrogens (primary N) is 1. The van der Waals surface area contributed by atoms with Crippen LogP contribution in [0.1, 0.15) is 5.56 Å². The molecule has 1 heterocycles. The minimum atomic E-state index is -3.26. The van der Waals surface area contributed by atoms with E-state index in [4.69, 9.17) is 5.73 Å². The summed E-state index contributed by atoms with van der Waals surface area (Å²) in [7, 11) is -3.26. The van der Waals surface area contributed by atoms with Gasteiger partial charge in [0.15, 0.2) is 0 Å². The molecule has 0 amide bonds. The van der Waals surface area contributed by atoms with Gasteiger partial charge in [0.05, 0.1) is 6.26 Å². The van der Waals surface area contributed by atoms with E-state index < -0.39 is 21.7 Å². The lowest BCUT2D eigenvalue weighted by atomic mass is 10.1. The number of benzene rings is 1. The molecule has 1 aromatic carbocycles. The first-order valence-electron chi connectivity index (χ1n) is 6.21. The average Bonchev–Trinajstić information content (AvgIpc) is 2.37. The van der Waals surface area contributed by atoms with E-state index in [0.717, 1.165) is 6.26 Å². The van der Waals surface area contributed by atoms with E-state index in [-0.39, 0.29) is 38.4 Å². The van der Waals surface area contributed by atoms with Gasteiger partial charge in [0, 0.05) is 32.7 Å². The molecule has 112 valence electrons. The maximum atomic E-state index is 13.9. The Morgan fingerprint density at radius 2 is 1.65 bits per heavy atom. The number of anilines is 1. The number of hydrogen-bond acceptors (Lipinski definition) is 4. The molecule has 0 atom stereocenters. The van der Waals surface area contributed by atoms with Crippen LogP contribution in [0, 0.1) is 11.6 Å². The van der Waals surface area contributed by atoms with Crippen LogP contribution >= 0.6 is 0 Å². The molecule has 0 aliphatic carbocycles. The van der Waals surface area contributed by atoms with E-state index >= 15 is 0 Å². The van der Waals surface area contributed by atoms with Crippen LogP contribution in [0.15, 0.2) is 12.1 Å². The van der Waals surface area contributed by atoms with Crippen molar-refractivity contribution in [2.24, 2.45) is 5.73 Å². The summed E-state index contributed by atoms with van der Waals surface area (Å²) in [6.07, 6.45) is 1.12. The minimum Gasteiger partial charge on any atom is -0.364 e. The van der Waals surface area contributed by atoms with E-state index in [1.165, 1.54) is 21.3 Å². The summed E-state index contributed by atoms with van der Waals surface area (Å²) in [5.41, 5.74) is 5.63. The molecule has 0 unspecified atom stereocenters. The van der Waals surface area contributed by atoms with Crippen LogP contribution in [-0.4, -0.2) is 45.2 Å². The van der Waals surface area contributed by atoms with Crippen LogP contribution in [0.25, 0.3) is 0 Å². The van der Waals surface area contributed by atoms with Gasteiger partial charge in [0.2, 0.25) is 10.0 Å². The van der Waals surface area contributed by atoms with Gasteiger partial charge in [0.25, 0.3) is 0 Å². The second kappa shape index (κ2) is 5.63. The quantitative estimate of drug-likeness (QED) is 0.883.